The van der Waals surface area contributed by atoms with Crippen LogP contribution in [0.3, 0.4) is 0 Å². The highest BCUT2D eigenvalue weighted by molar-refractivity contribution is 6.39. The lowest BCUT2D eigenvalue weighted by atomic mass is 10.1. The Morgan fingerprint density at radius 1 is 1.03 bits per heavy atom. The zero-order valence-corrected chi connectivity index (χ0v) is 21.8. The second kappa shape index (κ2) is 13.0. The molecule has 0 radical (unpaired) electrons. The number of esters is 1. The van der Waals surface area contributed by atoms with E-state index in [4.69, 9.17) is 27.9 Å². The van der Waals surface area contributed by atoms with Crippen LogP contribution in [-0.4, -0.2) is 40.5 Å². The summed E-state index contributed by atoms with van der Waals surface area (Å²) in [5.74, 6) is -0.454. The minimum absolute atomic E-state index is 0.117. The summed E-state index contributed by atoms with van der Waals surface area (Å²) in [7, 11) is 0. The van der Waals surface area contributed by atoms with E-state index in [2.05, 4.69) is 29.1 Å². The van der Waals surface area contributed by atoms with Crippen molar-refractivity contribution in [1.29, 1.82) is 0 Å². The van der Waals surface area contributed by atoms with Gasteiger partial charge in [0.25, 0.3) is 5.91 Å². The van der Waals surface area contributed by atoms with E-state index in [1.807, 2.05) is 41.3 Å². The summed E-state index contributed by atoms with van der Waals surface area (Å²) >= 11 is 12.3. The van der Waals surface area contributed by atoms with Crippen molar-refractivity contribution in [2.75, 3.05) is 11.5 Å². The molecule has 0 aliphatic rings. The van der Waals surface area contributed by atoms with Crippen molar-refractivity contribution in [1.82, 2.24) is 15.3 Å². The Balaban J connectivity index is 1.72. The number of nitrogens with one attached hydrogen (secondary N) is 1. The lowest BCUT2D eigenvalue weighted by Gasteiger charge is -2.26. The molecule has 1 heterocycles. The standard InChI is InChI=1S/C27H28Cl2N4O3/c1-4-36-26(35)23(32-25(34)24-21(28)9-6-10-22(24)29)11-5-8-19-12-14-20(15-13-19)33(18(2)3)27-30-16-7-17-31-27/h5-10,12-18,23H,4,11H2,1-3H3,(H,32,34)/b8-5+/t23-/m0/s1. The van der Waals surface area contributed by atoms with Gasteiger partial charge < -0.3 is 15.0 Å². The van der Waals surface area contributed by atoms with Gasteiger partial charge in [-0.2, -0.15) is 0 Å². The number of hydrogen-bond acceptors (Lipinski definition) is 6. The van der Waals surface area contributed by atoms with E-state index in [1.54, 1.807) is 43.6 Å². The second-order valence-electron chi connectivity index (χ2n) is 8.12. The van der Waals surface area contributed by atoms with Gasteiger partial charge in [0.2, 0.25) is 5.95 Å². The van der Waals surface area contributed by atoms with Crippen molar-refractivity contribution < 1.29 is 14.3 Å². The zero-order chi connectivity index (χ0) is 26.1. The molecule has 0 unspecified atom stereocenters. The predicted octanol–water partition coefficient (Wildman–Crippen LogP) is 6.09. The number of hydrogen-bond donors (Lipinski definition) is 1. The highest BCUT2D eigenvalue weighted by Crippen LogP contribution is 2.26. The molecule has 0 aliphatic heterocycles. The van der Waals surface area contributed by atoms with Crippen molar-refractivity contribution in [3.8, 4) is 0 Å². The molecule has 0 saturated heterocycles. The Morgan fingerprint density at radius 2 is 1.67 bits per heavy atom. The van der Waals surface area contributed by atoms with Gasteiger partial charge in [0, 0.05) is 24.1 Å². The number of nitrogens with zero attached hydrogens (tertiary/aromatic N) is 3. The number of carbonyl (C=O) groups is 2. The fraction of sp³-hybridized carbons (Fsp3) is 0.259. The van der Waals surface area contributed by atoms with Crippen molar-refractivity contribution in [2.45, 2.75) is 39.3 Å². The Morgan fingerprint density at radius 3 is 2.25 bits per heavy atom. The molecular weight excluding hydrogens is 499 g/mol. The molecule has 1 atom stereocenters. The normalized spacial score (nSPS) is 11.9. The van der Waals surface area contributed by atoms with Crippen LogP contribution in [0.2, 0.25) is 10.0 Å². The second-order valence-corrected chi connectivity index (χ2v) is 8.93. The number of carbonyl (C=O) groups excluding carboxylic acids is 2. The van der Waals surface area contributed by atoms with Gasteiger partial charge in [-0.25, -0.2) is 14.8 Å². The molecule has 36 heavy (non-hydrogen) atoms. The summed E-state index contributed by atoms with van der Waals surface area (Å²) in [6.45, 7) is 6.05. The van der Waals surface area contributed by atoms with Crippen LogP contribution in [0.25, 0.3) is 6.08 Å². The zero-order valence-electron chi connectivity index (χ0n) is 20.3. The average Bonchev–Trinajstić information content (AvgIpc) is 2.85. The van der Waals surface area contributed by atoms with Crippen LogP contribution in [0.5, 0.6) is 0 Å². The molecule has 0 aliphatic carbocycles. The number of rotatable bonds is 10. The third-order valence-corrected chi connectivity index (χ3v) is 5.83. The summed E-state index contributed by atoms with van der Waals surface area (Å²) in [6, 6.07) is 13.7. The molecule has 0 fully saturated rings. The molecule has 3 aromatic rings. The third-order valence-electron chi connectivity index (χ3n) is 5.20. The molecule has 1 N–H and O–H groups in total. The number of ether oxygens (including phenoxy) is 1. The van der Waals surface area contributed by atoms with E-state index in [0.29, 0.717) is 5.95 Å². The van der Waals surface area contributed by atoms with Crippen LogP contribution in [0.4, 0.5) is 11.6 Å². The molecule has 1 amide bonds. The van der Waals surface area contributed by atoms with Gasteiger partial charge in [-0.3, -0.25) is 4.79 Å². The summed E-state index contributed by atoms with van der Waals surface area (Å²) in [5, 5.41) is 3.09. The largest absolute Gasteiger partial charge is 0.464 e. The van der Waals surface area contributed by atoms with Crippen molar-refractivity contribution >= 4 is 52.8 Å². The van der Waals surface area contributed by atoms with E-state index >= 15 is 0 Å². The Labute approximate surface area is 221 Å². The Bertz CT molecular complexity index is 1180. The lowest BCUT2D eigenvalue weighted by Crippen LogP contribution is -2.41. The lowest BCUT2D eigenvalue weighted by molar-refractivity contribution is -0.145. The highest BCUT2D eigenvalue weighted by atomic mass is 35.5. The SMILES string of the molecule is CCOC(=O)[C@H](C/C=C/c1ccc(N(c2ncccn2)C(C)C)cc1)NC(=O)c1c(Cl)cccc1Cl. The fourth-order valence-electron chi connectivity index (χ4n) is 3.55. The van der Waals surface area contributed by atoms with Crippen LogP contribution in [0, 0.1) is 0 Å². The molecule has 7 nitrogen and oxygen atoms in total. The first kappa shape index (κ1) is 27.2. The number of benzene rings is 2. The van der Waals surface area contributed by atoms with Gasteiger partial charge in [0.05, 0.1) is 22.2 Å². The van der Waals surface area contributed by atoms with Crippen molar-refractivity contribution in [3.05, 3.63) is 88.2 Å². The third kappa shape index (κ3) is 7.06. The molecule has 1 aromatic heterocycles. The topological polar surface area (TPSA) is 84.4 Å². The minimum Gasteiger partial charge on any atom is -0.464 e. The summed E-state index contributed by atoms with van der Waals surface area (Å²) in [6.07, 6.45) is 7.35. The molecule has 0 saturated carbocycles. The predicted molar refractivity (Wildman–Crippen MR) is 144 cm³/mol. The van der Waals surface area contributed by atoms with Gasteiger partial charge in [-0.05, 0) is 63.1 Å². The van der Waals surface area contributed by atoms with E-state index in [-0.39, 0.29) is 34.7 Å². The van der Waals surface area contributed by atoms with Crippen LogP contribution < -0.4 is 10.2 Å². The first-order valence-corrected chi connectivity index (χ1v) is 12.3. The molecule has 0 spiro atoms. The maximum absolute atomic E-state index is 12.8. The van der Waals surface area contributed by atoms with Gasteiger partial charge in [0.1, 0.15) is 6.04 Å². The summed E-state index contributed by atoms with van der Waals surface area (Å²) in [4.78, 5) is 36.0. The van der Waals surface area contributed by atoms with Gasteiger partial charge >= 0.3 is 5.97 Å². The van der Waals surface area contributed by atoms with Crippen molar-refractivity contribution in [2.24, 2.45) is 0 Å². The van der Waals surface area contributed by atoms with Crippen LogP contribution in [-0.2, 0) is 9.53 Å². The van der Waals surface area contributed by atoms with E-state index in [9.17, 15) is 9.59 Å². The van der Waals surface area contributed by atoms with Crippen molar-refractivity contribution in [3.63, 3.8) is 0 Å². The first-order chi connectivity index (χ1) is 17.3. The fourth-order valence-corrected chi connectivity index (χ4v) is 4.12. The van der Waals surface area contributed by atoms with E-state index in [0.717, 1.165) is 11.3 Å². The first-order valence-electron chi connectivity index (χ1n) is 11.6. The number of halogens is 2. The number of amides is 1. The quantitative estimate of drug-likeness (QED) is 0.321. The molecular formula is C27H28Cl2N4O3. The van der Waals surface area contributed by atoms with E-state index < -0.39 is 17.9 Å². The molecule has 0 bridgehead atoms. The molecule has 3 rings (SSSR count). The molecule has 188 valence electrons. The van der Waals surface area contributed by atoms with Crippen LogP contribution in [0.15, 0.2) is 67.0 Å². The maximum atomic E-state index is 12.8. The van der Waals surface area contributed by atoms with Crippen LogP contribution in [0.1, 0.15) is 43.1 Å². The van der Waals surface area contributed by atoms with E-state index in [1.165, 1.54) is 0 Å². The molecule has 2 aromatic carbocycles. The highest BCUT2D eigenvalue weighted by Gasteiger charge is 2.24. The smallest absolute Gasteiger partial charge is 0.328 e. The minimum atomic E-state index is -0.896. The summed E-state index contributed by atoms with van der Waals surface area (Å²) < 4.78 is 5.14. The number of aromatic nitrogens is 2. The monoisotopic (exact) mass is 526 g/mol. The maximum Gasteiger partial charge on any atom is 0.328 e. The van der Waals surface area contributed by atoms with Gasteiger partial charge in [-0.1, -0.05) is 53.6 Å². The average molecular weight is 527 g/mol. The Kier molecular flexibility index (Phi) is 9.85. The van der Waals surface area contributed by atoms with Crippen LogP contribution >= 0.6 is 23.2 Å². The summed E-state index contributed by atoms with van der Waals surface area (Å²) in [5.41, 5.74) is 2.01. The molecule has 9 heteroatoms. The Hall–Kier alpha value is -3.42. The van der Waals surface area contributed by atoms with Gasteiger partial charge in [-0.15, -0.1) is 0 Å². The van der Waals surface area contributed by atoms with Gasteiger partial charge in [0.15, 0.2) is 0 Å². The number of anilines is 2.